The quantitative estimate of drug-likeness (QED) is 0.501. The molecule has 0 spiro atoms. The fourth-order valence-electron chi connectivity index (χ4n) is 4.00. The van der Waals surface area contributed by atoms with E-state index in [4.69, 9.17) is 15.5 Å². The number of methoxy groups -OCH3 is 1. The Balaban J connectivity index is 1.79. The maximum atomic E-state index is 14.6. The second-order valence-corrected chi connectivity index (χ2v) is 7.71. The van der Waals surface area contributed by atoms with Crippen molar-refractivity contribution in [3.8, 4) is 28.3 Å². The number of anilines is 1. The van der Waals surface area contributed by atoms with Crippen molar-refractivity contribution in [3.05, 3.63) is 66.5 Å². The first-order chi connectivity index (χ1) is 16.0. The molecule has 1 fully saturated rings. The lowest BCUT2D eigenvalue weighted by molar-refractivity contribution is -0.120. The van der Waals surface area contributed by atoms with Crippen molar-refractivity contribution in [2.45, 2.75) is 12.5 Å². The highest BCUT2D eigenvalue weighted by molar-refractivity contribution is 6.00. The number of carbonyl (C=O) groups excluding carboxylic acids is 1. The lowest BCUT2D eigenvalue weighted by Crippen LogP contribution is -2.55. The largest absolute Gasteiger partial charge is 0.494 e. The molecule has 7 nitrogen and oxygen atoms in total. The van der Waals surface area contributed by atoms with Crippen molar-refractivity contribution >= 4 is 22.6 Å². The number of fused-ring (bicyclic) bond motifs is 1. The molecule has 1 amide bonds. The van der Waals surface area contributed by atoms with Crippen LogP contribution in [0.3, 0.4) is 0 Å². The molecule has 166 valence electrons. The first kappa shape index (κ1) is 20.7. The number of benzene rings is 2. The standard InChI is InChI=1S/C24H19F2N5O2/c1-33-20-10-14(16-5-4-15(25)11-18(16)26)9-17-21(20)29-23(13-3-2-7-28-12-13)30-24(17)31-8-6-19(31)22(27)32/h2-5,7,9-12,19H,6,8H2,1H3,(H2,27,32). The molecule has 1 atom stereocenters. The lowest BCUT2D eigenvalue weighted by Gasteiger charge is -2.40. The number of carbonyl (C=O) groups is 1. The van der Waals surface area contributed by atoms with E-state index in [0.29, 0.717) is 52.4 Å². The van der Waals surface area contributed by atoms with E-state index in [1.807, 2.05) is 6.07 Å². The predicted octanol–water partition coefficient (Wildman–Crippen LogP) is 3.71. The van der Waals surface area contributed by atoms with Crippen LogP contribution in [0.4, 0.5) is 14.6 Å². The number of halogens is 2. The summed E-state index contributed by atoms with van der Waals surface area (Å²) in [5.74, 6) is -0.556. The Bertz CT molecular complexity index is 1380. The number of aromatic nitrogens is 3. The van der Waals surface area contributed by atoms with Gasteiger partial charge in [0.1, 0.15) is 34.8 Å². The van der Waals surface area contributed by atoms with Gasteiger partial charge in [-0.2, -0.15) is 0 Å². The Morgan fingerprint density at radius 2 is 2.00 bits per heavy atom. The van der Waals surface area contributed by atoms with Gasteiger partial charge in [0, 0.05) is 41.5 Å². The molecule has 33 heavy (non-hydrogen) atoms. The lowest BCUT2D eigenvalue weighted by atomic mass is 9.98. The van der Waals surface area contributed by atoms with Gasteiger partial charge in [0.2, 0.25) is 5.91 Å². The zero-order chi connectivity index (χ0) is 23.1. The van der Waals surface area contributed by atoms with E-state index in [1.165, 1.54) is 19.2 Å². The first-order valence-electron chi connectivity index (χ1n) is 10.3. The van der Waals surface area contributed by atoms with Crippen LogP contribution in [0, 0.1) is 11.6 Å². The molecule has 0 saturated carbocycles. The van der Waals surface area contributed by atoms with Crippen LogP contribution in [0.25, 0.3) is 33.4 Å². The minimum atomic E-state index is -0.704. The van der Waals surface area contributed by atoms with Gasteiger partial charge in [-0.3, -0.25) is 9.78 Å². The summed E-state index contributed by atoms with van der Waals surface area (Å²) in [6, 6.07) is 9.83. The number of ether oxygens (including phenoxy) is 1. The Hall–Kier alpha value is -4.14. The van der Waals surface area contributed by atoms with Crippen LogP contribution in [0.15, 0.2) is 54.9 Å². The van der Waals surface area contributed by atoms with Gasteiger partial charge in [0.25, 0.3) is 0 Å². The number of rotatable bonds is 5. The topological polar surface area (TPSA) is 94.2 Å². The Morgan fingerprint density at radius 3 is 2.64 bits per heavy atom. The van der Waals surface area contributed by atoms with Crippen molar-refractivity contribution in [1.29, 1.82) is 0 Å². The highest BCUT2D eigenvalue weighted by Crippen LogP contribution is 2.39. The molecule has 0 bridgehead atoms. The normalized spacial score (nSPS) is 15.4. The van der Waals surface area contributed by atoms with Gasteiger partial charge in [-0.1, -0.05) is 0 Å². The SMILES string of the molecule is COc1cc(-c2ccc(F)cc2F)cc2c(N3CCC3C(N)=O)nc(-c3cccnc3)nc12. The summed E-state index contributed by atoms with van der Waals surface area (Å²) in [6.07, 6.45) is 3.89. The number of hydrogen-bond acceptors (Lipinski definition) is 6. The van der Waals surface area contributed by atoms with Gasteiger partial charge in [-0.05, 0) is 48.4 Å². The Morgan fingerprint density at radius 1 is 1.15 bits per heavy atom. The van der Waals surface area contributed by atoms with Crippen LogP contribution in [0.2, 0.25) is 0 Å². The van der Waals surface area contributed by atoms with Gasteiger partial charge in [-0.15, -0.1) is 0 Å². The fraction of sp³-hybridized carbons (Fsp3) is 0.167. The number of hydrogen-bond donors (Lipinski definition) is 1. The Labute approximate surface area is 187 Å². The van der Waals surface area contributed by atoms with E-state index in [2.05, 4.69) is 9.97 Å². The molecule has 1 aliphatic heterocycles. The minimum absolute atomic E-state index is 0.203. The maximum absolute atomic E-state index is 14.6. The van der Waals surface area contributed by atoms with Gasteiger partial charge in [0.05, 0.1) is 7.11 Å². The van der Waals surface area contributed by atoms with Crippen LogP contribution in [0.5, 0.6) is 5.75 Å². The van der Waals surface area contributed by atoms with Crippen LogP contribution >= 0.6 is 0 Å². The molecular weight excluding hydrogens is 428 g/mol. The Kier molecular flexibility index (Phi) is 5.08. The highest BCUT2D eigenvalue weighted by Gasteiger charge is 2.35. The zero-order valence-electron chi connectivity index (χ0n) is 17.6. The summed E-state index contributed by atoms with van der Waals surface area (Å²) in [4.78, 5) is 27.3. The number of nitrogens with zero attached hydrogens (tertiary/aromatic N) is 4. The molecule has 2 N–H and O–H groups in total. The van der Waals surface area contributed by atoms with Crippen LogP contribution in [-0.4, -0.2) is 40.6 Å². The maximum Gasteiger partial charge on any atom is 0.240 e. The summed E-state index contributed by atoms with van der Waals surface area (Å²) in [5.41, 5.74) is 7.43. The van der Waals surface area contributed by atoms with Crippen molar-refractivity contribution in [2.75, 3.05) is 18.6 Å². The van der Waals surface area contributed by atoms with E-state index in [-0.39, 0.29) is 5.56 Å². The molecule has 5 rings (SSSR count). The molecule has 2 aromatic carbocycles. The molecule has 1 saturated heterocycles. The summed E-state index contributed by atoms with van der Waals surface area (Å²) in [6.45, 7) is 0.573. The van der Waals surface area contributed by atoms with E-state index >= 15 is 0 Å². The minimum Gasteiger partial charge on any atom is -0.494 e. The third kappa shape index (κ3) is 3.61. The predicted molar refractivity (Wildman–Crippen MR) is 120 cm³/mol. The molecule has 4 aromatic rings. The van der Waals surface area contributed by atoms with Gasteiger partial charge >= 0.3 is 0 Å². The summed E-state index contributed by atoms with van der Waals surface area (Å²) in [5, 5.41) is 0.562. The first-order valence-corrected chi connectivity index (χ1v) is 10.3. The van der Waals surface area contributed by atoms with Crippen molar-refractivity contribution < 1.29 is 18.3 Å². The summed E-state index contributed by atoms with van der Waals surface area (Å²) >= 11 is 0. The third-order valence-corrected chi connectivity index (χ3v) is 5.75. The smallest absolute Gasteiger partial charge is 0.240 e. The van der Waals surface area contributed by atoms with Crippen molar-refractivity contribution in [3.63, 3.8) is 0 Å². The molecule has 1 unspecified atom stereocenters. The average molecular weight is 447 g/mol. The van der Waals surface area contributed by atoms with E-state index in [9.17, 15) is 13.6 Å². The molecule has 1 aliphatic rings. The highest BCUT2D eigenvalue weighted by atomic mass is 19.1. The fourth-order valence-corrected chi connectivity index (χ4v) is 4.00. The zero-order valence-corrected chi connectivity index (χ0v) is 17.6. The van der Waals surface area contributed by atoms with E-state index in [0.717, 1.165) is 6.07 Å². The van der Waals surface area contributed by atoms with Crippen LogP contribution < -0.4 is 15.4 Å². The second-order valence-electron chi connectivity index (χ2n) is 7.71. The summed E-state index contributed by atoms with van der Waals surface area (Å²) in [7, 11) is 1.49. The number of nitrogens with two attached hydrogens (primary N) is 1. The van der Waals surface area contributed by atoms with E-state index in [1.54, 1.807) is 35.5 Å². The summed E-state index contributed by atoms with van der Waals surface area (Å²) < 4.78 is 33.6. The second kappa shape index (κ2) is 8.09. The third-order valence-electron chi connectivity index (χ3n) is 5.75. The van der Waals surface area contributed by atoms with Gasteiger partial charge in [0.15, 0.2) is 5.82 Å². The molecule has 2 aromatic heterocycles. The molecule has 9 heteroatoms. The van der Waals surface area contributed by atoms with E-state index < -0.39 is 23.6 Å². The van der Waals surface area contributed by atoms with Gasteiger partial charge < -0.3 is 15.4 Å². The number of amides is 1. The van der Waals surface area contributed by atoms with Gasteiger partial charge in [-0.25, -0.2) is 18.7 Å². The monoisotopic (exact) mass is 447 g/mol. The van der Waals surface area contributed by atoms with Crippen LogP contribution in [-0.2, 0) is 4.79 Å². The van der Waals surface area contributed by atoms with Crippen molar-refractivity contribution in [1.82, 2.24) is 15.0 Å². The average Bonchev–Trinajstić information content (AvgIpc) is 2.78. The molecular formula is C24H19F2N5O2. The van der Waals surface area contributed by atoms with Crippen molar-refractivity contribution in [2.24, 2.45) is 5.73 Å². The number of pyridine rings is 1. The molecule has 3 heterocycles. The molecule has 0 radical (unpaired) electrons. The number of primary amides is 1. The molecule has 0 aliphatic carbocycles. The van der Waals surface area contributed by atoms with Crippen LogP contribution in [0.1, 0.15) is 6.42 Å².